The summed E-state index contributed by atoms with van der Waals surface area (Å²) in [6.07, 6.45) is 1.93. The highest BCUT2D eigenvalue weighted by molar-refractivity contribution is 6.31. The molecule has 2 aromatic rings. The van der Waals surface area contributed by atoms with Crippen molar-refractivity contribution in [3.8, 4) is 23.8 Å². The van der Waals surface area contributed by atoms with E-state index in [0.717, 1.165) is 5.56 Å². The van der Waals surface area contributed by atoms with Gasteiger partial charge in [-0.1, -0.05) is 11.6 Å². The van der Waals surface area contributed by atoms with Crippen LogP contribution in [0.4, 0.5) is 11.5 Å². The van der Waals surface area contributed by atoms with E-state index >= 15 is 0 Å². The lowest BCUT2D eigenvalue weighted by atomic mass is 10.2. The molecule has 128 valence electrons. The lowest BCUT2D eigenvalue weighted by molar-refractivity contribution is 0.463. The third-order valence-corrected chi connectivity index (χ3v) is 3.88. The van der Waals surface area contributed by atoms with Gasteiger partial charge < -0.3 is 15.4 Å². The molecule has 0 aliphatic rings. The Bertz CT molecular complexity index is 809. The summed E-state index contributed by atoms with van der Waals surface area (Å²) in [5.74, 6) is 1.21. The molecule has 0 spiro atoms. The van der Waals surface area contributed by atoms with Crippen molar-refractivity contribution in [1.29, 1.82) is 10.5 Å². The topological polar surface area (TPSA) is 112 Å². The van der Waals surface area contributed by atoms with Crippen molar-refractivity contribution in [2.45, 2.75) is 19.8 Å². The van der Waals surface area contributed by atoms with E-state index in [9.17, 15) is 0 Å². The zero-order valence-corrected chi connectivity index (χ0v) is 14.5. The Hall–Kier alpha value is -3.03. The molecule has 0 aliphatic heterocycles. The van der Waals surface area contributed by atoms with Crippen molar-refractivity contribution in [2.24, 2.45) is 0 Å². The first-order chi connectivity index (χ1) is 12.1. The zero-order valence-electron chi connectivity index (χ0n) is 13.7. The molecule has 0 fully saturated rings. The number of halogens is 1. The van der Waals surface area contributed by atoms with Crippen molar-refractivity contribution in [2.75, 3.05) is 23.7 Å². The summed E-state index contributed by atoms with van der Waals surface area (Å²) >= 11 is 6.01. The predicted octanol–water partition coefficient (Wildman–Crippen LogP) is 3.45. The minimum atomic E-state index is 0.214. The summed E-state index contributed by atoms with van der Waals surface area (Å²) in [6, 6.07) is 9.39. The van der Waals surface area contributed by atoms with Gasteiger partial charge in [0.2, 0.25) is 5.88 Å². The highest BCUT2D eigenvalue weighted by Crippen LogP contribution is 2.32. The Balaban J connectivity index is 2.29. The molecule has 0 saturated carbocycles. The minimum Gasteiger partial charge on any atom is -0.437 e. The summed E-state index contributed by atoms with van der Waals surface area (Å²) in [5, 5.41) is 18.3. The largest absolute Gasteiger partial charge is 0.437 e. The van der Waals surface area contributed by atoms with Gasteiger partial charge in [-0.2, -0.15) is 15.5 Å². The fourth-order valence-electron chi connectivity index (χ4n) is 2.19. The number of ether oxygens (including phenoxy) is 1. The van der Waals surface area contributed by atoms with Gasteiger partial charge in [-0.15, -0.1) is 0 Å². The Labute approximate surface area is 151 Å². The average molecular weight is 357 g/mol. The summed E-state index contributed by atoms with van der Waals surface area (Å²) in [7, 11) is 0. The van der Waals surface area contributed by atoms with Gasteiger partial charge in [-0.3, -0.25) is 0 Å². The summed E-state index contributed by atoms with van der Waals surface area (Å²) in [4.78, 5) is 10.1. The number of rotatable bonds is 7. The number of aromatic nitrogens is 2. The molecular weight excluding hydrogens is 340 g/mol. The van der Waals surface area contributed by atoms with E-state index in [1.165, 1.54) is 6.33 Å². The van der Waals surface area contributed by atoms with Crippen molar-refractivity contribution in [1.82, 2.24) is 9.97 Å². The zero-order chi connectivity index (χ0) is 18.2. The number of hydrogen-bond acceptors (Lipinski definition) is 7. The van der Waals surface area contributed by atoms with E-state index in [0.29, 0.717) is 42.5 Å². The number of nitrogens with zero attached hydrogens (tertiary/aromatic N) is 5. The van der Waals surface area contributed by atoms with Gasteiger partial charge in [-0.25, -0.2) is 4.98 Å². The van der Waals surface area contributed by atoms with Gasteiger partial charge in [0.25, 0.3) is 0 Å². The molecule has 0 aliphatic carbocycles. The number of benzene rings is 1. The van der Waals surface area contributed by atoms with Crippen molar-refractivity contribution < 1.29 is 4.74 Å². The van der Waals surface area contributed by atoms with E-state index in [-0.39, 0.29) is 11.6 Å². The minimum absolute atomic E-state index is 0.214. The second kappa shape index (κ2) is 8.72. The molecule has 0 radical (unpaired) electrons. The van der Waals surface area contributed by atoms with Gasteiger partial charge in [0.05, 0.1) is 25.0 Å². The van der Waals surface area contributed by atoms with Crippen LogP contribution in [-0.2, 0) is 0 Å². The Morgan fingerprint density at radius 3 is 2.48 bits per heavy atom. The predicted molar refractivity (Wildman–Crippen MR) is 95.4 cm³/mol. The van der Waals surface area contributed by atoms with Crippen LogP contribution in [0.25, 0.3) is 0 Å². The molecule has 25 heavy (non-hydrogen) atoms. The van der Waals surface area contributed by atoms with Crippen molar-refractivity contribution >= 4 is 23.1 Å². The smallest absolute Gasteiger partial charge is 0.248 e. The van der Waals surface area contributed by atoms with Crippen LogP contribution in [0.5, 0.6) is 11.6 Å². The fourth-order valence-corrected chi connectivity index (χ4v) is 2.31. The standard InChI is InChI=1S/C17H17ClN6O/c1-12-10-13(4-5-14(12)18)25-17-15(21)16(22-11-23-17)24(8-2-6-19)9-3-7-20/h4-5,10-11H,2-3,8-9,21H2,1H3. The van der Waals surface area contributed by atoms with Crippen LogP contribution in [0.2, 0.25) is 5.02 Å². The van der Waals surface area contributed by atoms with E-state index < -0.39 is 0 Å². The maximum absolute atomic E-state index is 8.81. The molecule has 2 rings (SSSR count). The van der Waals surface area contributed by atoms with Gasteiger partial charge in [0, 0.05) is 18.1 Å². The molecule has 0 bridgehead atoms. The molecule has 1 aromatic heterocycles. The summed E-state index contributed by atoms with van der Waals surface area (Å²) in [5.41, 5.74) is 7.29. The number of aryl methyl sites for hydroxylation is 1. The maximum Gasteiger partial charge on any atom is 0.248 e. The first-order valence-corrected chi connectivity index (χ1v) is 7.98. The Morgan fingerprint density at radius 2 is 1.88 bits per heavy atom. The first-order valence-electron chi connectivity index (χ1n) is 7.60. The van der Waals surface area contributed by atoms with Crippen molar-refractivity contribution in [3.05, 3.63) is 35.1 Å². The van der Waals surface area contributed by atoms with Crippen LogP contribution < -0.4 is 15.4 Å². The number of anilines is 2. The van der Waals surface area contributed by atoms with Gasteiger partial charge in [-0.05, 0) is 30.7 Å². The van der Waals surface area contributed by atoms with Crippen LogP contribution in [-0.4, -0.2) is 23.1 Å². The fraction of sp³-hybridized carbons (Fsp3) is 0.294. The van der Waals surface area contributed by atoms with E-state index in [1.807, 2.05) is 6.92 Å². The molecule has 7 nitrogen and oxygen atoms in total. The lowest BCUT2D eigenvalue weighted by Crippen LogP contribution is -2.27. The number of nitrogens with two attached hydrogens (primary N) is 1. The number of hydrogen-bond donors (Lipinski definition) is 1. The molecule has 0 amide bonds. The summed E-state index contributed by atoms with van der Waals surface area (Å²) < 4.78 is 5.75. The average Bonchev–Trinajstić information content (AvgIpc) is 2.60. The van der Waals surface area contributed by atoms with Gasteiger partial charge in [0.1, 0.15) is 17.8 Å². The van der Waals surface area contributed by atoms with E-state index in [1.54, 1.807) is 23.1 Å². The van der Waals surface area contributed by atoms with E-state index in [4.69, 9.17) is 32.6 Å². The van der Waals surface area contributed by atoms with Crippen LogP contribution in [0.1, 0.15) is 18.4 Å². The van der Waals surface area contributed by atoms with E-state index in [2.05, 4.69) is 22.1 Å². The van der Waals surface area contributed by atoms with Crippen molar-refractivity contribution in [3.63, 3.8) is 0 Å². The van der Waals surface area contributed by atoms with Gasteiger partial charge >= 0.3 is 0 Å². The molecule has 1 aromatic carbocycles. The molecule has 2 N–H and O–H groups in total. The van der Waals surface area contributed by atoms with Gasteiger partial charge in [0.15, 0.2) is 5.82 Å². The highest BCUT2D eigenvalue weighted by Gasteiger charge is 2.16. The second-order valence-electron chi connectivity index (χ2n) is 5.23. The highest BCUT2D eigenvalue weighted by atomic mass is 35.5. The monoisotopic (exact) mass is 356 g/mol. The Morgan fingerprint density at radius 1 is 1.20 bits per heavy atom. The van der Waals surface area contributed by atoms with Crippen LogP contribution in [0.3, 0.4) is 0 Å². The third-order valence-electron chi connectivity index (χ3n) is 3.46. The molecule has 0 atom stereocenters. The molecule has 0 saturated heterocycles. The third kappa shape index (κ3) is 4.72. The molecule has 1 heterocycles. The quantitative estimate of drug-likeness (QED) is 0.808. The second-order valence-corrected chi connectivity index (χ2v) is 5.64. The number of nitriles is 2. The SMILES string of the molecule is Cc1cc(Oc2ncnc(N(CCC#N)CCC#N)c2N)ccc1Cl. The first kappa shape index (κ1) is 18.3. The van der Waals surface area contributed by atoms with Crippen LogP contribution in [0.15, 0.2) is 24.5 Å². The lowest BCUT2D eigenvalue weighted by Gasteiger charge is -2.23. The Kier molecular flexibility index (Phi) is 6.39. The maximum atomic E-state index is 8.81. The molecule has 8 heteroatoms. The normalized spacial score (nSPS) is 9.92. The van der Waals surface area contributed by atoms with Crippen LogP contribution >= 0.6 is 11.6 Å². The molecular formula is C17H17ClN6O. The summed E-state index contributed by atoms with van der Waals surface area (Å²) in [6.45, 7) is 2.70. The molecule has 0 unspecified atom stereocenters. The van der Waals surface area contributed by atoms with Crippen LogP contribution in [0, 0.1) is 29.6 Å². The number of nitrogen functional groups attached to an aromatic ring is 1.